The molecule has 0 spiro atoms. The molecule has 23 heavy (non-hydrogen) atoms. The number of aromatic nitrogens is 3. The highest BCUT2D eigenvalue weighted by atomic mass is 15.3. The van der Waals surface area contributed by atoms with E-state index in [2.05, 4.69) is 54.2 Å². The van der Waals surface area contributed by atoms with Crippen molar-refractivity contribution in [3.05, 3.63) is 47.5 Å². The first-order valence-electron chi connectivity index (χ1n) is 8.14. The van der Waals surface area contributed by atoms with Crippen LogP contribution in [0.15, 0.2) is 35.3 Å². The monoisotopic (exact) mass is 312 g/mol. The molecule has 2 heterocycles. The third-order valence-electron chi connectivity index (χ3n) is 4.18. The van der Waals surface area contributed by atoms with Crippen molar-refractivity contribution in [3.8, 4) is 0 Å². The van der Waals surface area contributed by atoms with Gasteiger partial charge in [0.15, 0.2) is 11.8 Å². The maximum absolute atomic E-state index is 4.37. The highest BCUT2D eigenvalue weighted by Crippen LogP contribution is 2.14. The fourth-order valence-corrected chi connectivity index (χ4v) is 2.97. The standard InChI is InChI=1S/C17H24N6/c1-18-17(22(2)13-14-8-4-3-5-9-14)19-12-16-21-20-15-10-6-7-11-23(15)16/h3-5,8-9H,6-7,10-13H2,1-2H3,(H,18,19). The second-order valence-corrected chi connectivity index (χ2v) is 5.88. The van der Waals surface area contributed by atoms with E-state index in [1.54, 1.807) is 0 Å². The molecule has 1 N–H and O–H groups in total. The number of rotatable bonds is 4. The predicted octanol–water partition coefficient (Wildman–Crippen LogP) is 1.82. The molecule has 0 fully saturated rings. The van der Waals surface area contributed by atoms with Crippen molar-refractivity contribution >= 4 is 5.96 Å². The van der Waals surface area contributed by atoms with Crippen LogP contribution >= 0.6 is 0 Å². The quantitative estimate of drug-likeness (QED) is 0.691. The Morgan fingerprint density at radius 2 is 2.09 bits per heavy atom. The summed E-state index contributed by atoms with van der Waals surface area (Å²) in [5.74, 6) is 2.97. The van der Waals surface area contributed by atoms with Crippen molar-refractivity contribution in [2.45, 2.75) is 38.9 Å². The van der Waals surface area contributed by atoms with Gasteiger partial charge in [0.25, 0.3) is 0 Å². The van der Waals surface area contributed by atoms with Crippen LogP contribution in [0.25, 0.3) is 0 Å². The number of nitrogens with zero attached hydrogens (tertiary/aromatic N) is 5. The van der Waals surface area contributed by atoms with E-state index < -0.39 is 0 Å². The highest BCUT2D eigenvalue weighted by Gasteiger charge is 2.16. The highest BCUT2D eigenvalue weighted by molar-refractivity contribution is 5.79. The minimum absolute atomic E-state index is 0.652. The van der Waals surface area contributed by atoms with Crippen molar-refractivity contribution in [2.75, 3.05) is 14.1 Å². The molecule has 1 aromatic heterocycles. The maximum Gasteiger partial charge on any atom is 0.194 e. The Morgan fingerprint density at radius 1 is 1.26 bits per heavy atom. The van der Waals surface area contributed by atoms with Crippen molar-refractivity contribution in [3.63, 3.8) is 0 Å². The van der Waals surface area contributed by atoms with Crippen LogP contribution in [0, 0.1) is 0 Å². The van der Waals surface area contributed by atoms with E-state index in [1.807, 2.05) is 20.2 Å². The minimum Gasteiger partial charge on any atom is -0.349 e. The van der Waals surface area contributed by atoms with Crippen LogP contribution in [0.5, 0.6) is 0 Å². The summed E-state index contributed by atoms with van der Waals surface area (Å²) in [5.41, 5.74) is 1.26. The number of fused-ring (bicyclic) bond motifs is 1. The fourth-order valence-electron chi connectivity index (χ4n) is 2.97. The molecule has 6 nitrogen and oxygen atoms in total. The summed E-state index contributed by atoms with van der Waals surface area (Å²) in [6, 6.07) is 10.4. The van der Waals surface area contributed by atoms with E-state index in [1.165, 1.54) is 18.4 Å². The molecule has 0 aliphatic carbocycles. The number of benzene rings is 1. The van der Waals surface area contributed by atoms with Gasteiger partial charge in [0.2, 0.25) is 0 Å². The van der Waals surface area contributed by atoms with Gasteiger partial charge in [-0.15, -0.1) is 10.2 Å². The molecular weight excluding hydrogens is 288 g/mol. The van der Waals surface area contributed by atoms with Crippen LogP contribution in [-0.2, 0) is 26.1 Å². The van der Waals surface area contributed by atoms with E-state index in [4.69, 9.17) is 0 Å². The third-order valence-corrected chi connectivity index (χ3v) is 4.18. The molecule has 0 atom stereocenters. The van der Waals surface area contributed by atoms with Gasteiger partial charge in [-0.05, 0) is 18.4 Å². The van der Waals surface area contributed by atoms with Crippen LogP contribution < -0.4 is 5.32 Å². The molecule has 122 valence electrons. The second-order valence-electron chi connectivity index (χ2n) is 5.88. The van der Waals surface area contributed by atoms with Crippen LogP contribution in [0.1, 0.15) is 30.1 Å². The van der Waals surface area contributed by atoms with Gasteiger partial charge in [0, 0.05) is 33.6 Å². The second kappa shape index (κ2) is 7.26. The van der Waals surface area contributed by atoms with Crippen molar-refractivity contribution < 1.29 is 0 Å². The Labute approximate surface area is 137 Å². The number of aliphatic imine (C=N–C) groups is 1. The van der Waals surface area contributed by atoms with Gasteiger partial charge >= 0.3 is 0 Å². The Balaban J connectivity index is 1.60. The normalized spacial score (nSPS) is 14.4. The topological polar surface area (TPSA) is 58.3 Å². The average Bonchev–Trinajstić information content (AvgIpc) is 3.00. The van der Waals surface area contributed by atoms with E-state index in [0.717, 1.165) is 37.1 Å². The lowest BCUT2D eigenvalue weighted by Crippen LogP contribution is -2.38. The summed E-state index contributed by atoms with van der Waals surface area (Å²) < 4.78 is 2.24. The minimum atomic E-state index is 0.652. The molecule has 0 amide bonds. The molecule has 1 aliphatic rings. The molecule has 2 aromatic rings. The van der Waals surface area contributed by atoms with E-state index in [0.29, 0.717) is 6.54 Å². The SMILES string of the molecule is CN=C(NCc1nnc2n1CCCC2)N(C)Cc1ccccc1. The number of hydrogen-bond acceptors (Lipinski definition) is 3. The lowest BCUT2D eigenvalue weighted by Gasteiger charge is -2.22. The van der Waals surface area contributed by atoms with Gasteiger partial charge < -0.3 is 14.8 Å². The lowest BCUT2D eigenvalue weighted by atomic mass is 10.2. The summed E-state index contributed by atoms with van der Waals surface area (Å²) in [6.45, 7) is 2.50. The smallest absolute Gasteiger partial charge is 0.194 e. The molecule has 0 unspecified atom stereocenters. The molecular formula is C17H24N6. The Kier molecular flexibility index (Phi) is 4.90. The molecule has 0 saturated heterocycles. The van der Waals surface area contributed by atoms with Crippen LogP contribution in [-0.4, -0.2) is 39.7 Å². The van der Waals surface area contributed by atoms with Gasteiger partial charge in [-0.25, -0.2) is 0 Å². The third kappa shape index (κ3) is 3.70. The zero-order valence-electron chi connectivity index (χ0n) is 13.9. The van der Waals surface area contributed by atoms with Crippen molar-refractivity contribution in [1.82, 2.24) is 25.0 Å². The maximum atomic E-state index is 4.37. The Bertz CT molecular complexity index is 661. The fraction of sp³-hybridized carbons (Fsp3) is 0.471. The molecule has 3 rings (SSSR count). The molecule has 0 bridgehead atoms. The molecule has 0 saturated carbocycles. The predicted molar refractivity (Wildman–Crippen MR) is 91.1 cm³/mol. The first kappa shape index (κ1) is 15.5. The molecule has 1 aromatic carbocycles. The number of guanidine groups is 1. The number of nitrogens with one attached hydrogen (secondary N) is 1. The number of hydrogen-bond donors (Lipinski definition) is 1. The number of aryl methyl sites for hydroxylation is 1. The van der Waals surface area contributed by atoms with Crippen LogP contribution in [0.3, 0.4) is 0 Å². The van der Waals surface area contributed by atoms with Crippen LogP contribution in [0.4, 0.5) is 0 Å². The largest absolute Gasteiger partial charge is 0.349 e. The van der Waals surface area contributed by atoms with Gasteiger partial charge in [-0.1, -0.05) is 30.3 Å². The first-order chi connectivity index (χ1) is 11.3. The molecule has 6 heteroatoms. The van der Waals surface area contributed by atoms with E-state index in [-0.39, 0.29) is 0 Å². The first-order valence-corrected chi connectivity index (χ1v) is 8.14. The average molecular weight is 312 g/mol. The molecule has 1 aliphatic heterocycles. The van der Waals surface area contributed by atoms with Crippen LogP contribution in [0.2, 0.25) is 0 Å². The summed E-state index contributed by atoms with van der Waals surface area (Å²) in [6.07, 6.45) is 3.46. The van der Waals surface area contributed by atoms with Crippen molar-refractivity contribution in [1.29, 1.82) is 0 Å². The Hall–Kier alpha value is -2.37. The van der Waals surface area contributed by atoms with Crippen molar-refractivity contribution in [2.24, 2.45) is 4.99 Å². The van der Waals surface area contributed by atoms with Gasteiger partial charge in [0.05, 0.1) is 6.54 Å². The Morgan fingerprint density at radius 3 is 2.87 bits per heavy atom. The molecule has 0 radical (unpaired) electrons. The zero-order chi connectivity index (χ0) is 16.1. The van der Waals surface area contributed by atoms with E-state index >= 15 is 0 Å². The zero-order valence-corrected chi connectivity index (χ0v) is 13.9. The summed E-state index contributed by atoms with van der Waals surface area (Å²) in [7, 11) is 3.85. The summed E-state index contributed by atoms with van der Waals surface area (Å²) in [5, 5.41) is 12.0. The lowest BCUT2D eigenvalue weighted by molar-refractivity contribution is 0.468. The van der Waals surface area contributed by atoms with E-state index in [9.17, 15) is 0 Å². The van der Waals surface area contributed by atoms with Gasteiger partial charge in [-0.3, -0.25) is 4.99 Å². The van der Waals surface area contributed by atoms with Gasteiger partial charge in [-0.2, -0.15) is 0 Å². The summed E-state index contributed by atoms with van der Waals surface area (Å²) >= 11 is 0. The van der Waals surface area contributed by atoms with Gasteiger partial charge in [0.1, 0.15) is 5.82 Å². The summed E-state index contributed by atoms with van der Waals surface area (Å²) in [4.78, 5) is 6.48.